The molecule has 0 saturated carbocycles. The topological polar surface area (TPSA) is 72.7 Å². The fraction of sp³-hybridized carbons (Fsp3) is 0.333. The molecule has 1 aliphatic rings. The molecular weight excluding hydrogens is 370 g/mol. The van der Waals surface area contributed by atoms with Crippen LogP contribution in [0, 0.1) is 0 Å². The third-order valence-corrected chi connectivity index (χ3v) is 6.07. The van der Waals surface area contributed by atoms with Crippen molar-refractivity contribution in [2.75, 3.05) is 5.32 Å². The lowest BCUT2D eigenvalue weighted by atomic mass is 10.1. The van der Waals surface area contributed by atoms with Gasteiger partial charge in [-0.3, -0.25) is 9.78 Å². The Labute approximate surface area is 168 Å². The molecule has 1 amide bonds. The number of pyridine rings is 1. The number of rotatable bonds is 6. The summed E-state index contributed by atoms with van der Waals surface area (Å²) in [6.07, 6.45) is 6.92. The van der Waals surface area contributed by atoms with Crippen LogP contribution in [0.2, 0.25) is 0 Å². The summed E-state index contributed by atoms with van der Waals surface area (Å²) < 4.78 is 2.03. The molecule has 7 heteroatoms. The molecule has 3 aromatic rings. The number of nitrogens with zero attached hydrogens (tertiary/aromatic N) is 4. The van der Waals surface area contributed by atoms with Crippen molar-refractivity contribution in [2.24, 2.45) is 0 Å². The first-order chi connectivity index (χ1) is 13.7. The van der Waals surface area contributed by atoms with E-state index in [-0.39, 0.29) is 11.2 Å². The number of anilines is 1. The SMILES string of the molecule is CCn1c(S[C@H](C)C(=O)Nc2ccc3c(c2)CCC3)nnc1-c1ccncc1. The first-order valence-corrected chi connectivity index (χ1v) is 10.5. The van der Waals surface area contributed by atoms with E-state index in [1.54, 1.807) is 12.4 Å². The summed E-state index contributed by atoms with van der Waals surface area (Å²) in [6, 6.07) is 10.1. The van der Waals surface area contributed by atoms with E-state index in [0.717, 1.165) is 41.6 Å². The second-order valence-electron chi connectivity index (χ2n) is 6.87. The van der Waals surface area contributed by atoms with E-state index in [0.29, 0.717) is 0 Å². The number of benzene rings is 1. The average Bonchev–Trinajstić information content (AvgIpc) is 3.34. The highest BCUT2D eigenvalue weighted by Gasteiger charge is 2.21. The van der Waals surface area contributed by atoms with Crippen molar-refractivity contribution >= 4 is 23.4 Å². The molecule has 144 valence electrons. The van der Waals surface area contributed by atoms with Gasteiger partial charge in [0.25, 0.3) is 0 Å². The van der Waals surface area contributed by atoms with Gasteiger partial charge in [-0.2, -0.15) is 0 Å². The van der Waals surface area contributed by atoms with Crippen molar-refractivity contribution in [2.45, 2.75) is 50.1 Å². The van der Waals surface area contributed by atoms with E-state index < -0.39 is 0 Å². The zero-order valence-electron chi connectivity index (χ0n) is 16.1. The van der Waals surface area contributed by atoms with Crippen LogP contribution >= 0.6 is 11.8 Å². The van der Waals surface area contributed by atoms with Crippen LogP contribution in [-0.4, -0.2) is 30.9 Å². The van der Waals surface area contributed by atoms with Crippen LogP contribution < -0.4 is 5.32 Å². The number of aromatic nitrogens is 4. The van der Waals surface area contributed by atoms with Gasteiger partial charge in [0.1, 0.15) is 0 Å². The van der Waals surface area contributed by atoms with Gasteiger partial charge in [0.05, 0.1) is 5.25 Å². The smallest absolute Gasteiger partial charge is 0.237 e. The Bertz CT molecular complexity index is 986. The number of fused-ring (bicyclic) bond motifs is 1. The van der Waals surface area contributed by atoms with Gasteiger partial charge in [0.2, 0.25) is 5.91 Å². The van der Waals surface area contributed by atoms with Gasteiger partial charge in [-0.05, 0) is 68.5 Å². The van der Waals surface area contributed by atoms with Gasteiger partial charge in [0, 0.05) is 30.2 Å². The number of carbonyl (C=O) groups excluding carboxylic acids is 1. The monoisotopic (exact) mass is 393 g/mol. The normalized spacial score (nSPS) is 13.9. The van der Waals surface area contributed by atoms with Gasteiger partial charge in [0.15, 0.2) is 11.0 Å². The predicted molar refractivity (Wildman–Crippen MR) is 111 cm³/mol. The zero-order chi connectivity index (χ0) is 19.5. The maximum atomic E-state index is 12.7. The lowest BCUT2D eigenvalue weighted by Crippen LogP contribution is -2.23. The number of aryl methyl sites for hydroxylation is 2. The first kappa shape index (κ1) is 18.7. The van der Waals surface area contributed by atoms with Crippen molar-refractivity contribution in [3.8, 4) is 11.4 Å². The van der Waals surface area contributed by atoms with E-state index >= 15 is 0 Å². The van der Waals surface area contributed by atoms with Gasteiger partial charge in [-0.15, -0.1) is 10.2 Å². The number of amides is 1. The van der Waals surface area contributed by atoms with Crippen LogP contribution in [0.3, 0.4) is 0 Å². The second kappa shape index (κ2) is 8.14. The molecule has 0 unspecified atom stereocenters. The molecule has 2 aromatic heterocycles. The fourth-order valence-corrected chi connectivity index (χ4v) is 4.39. The molecule has 0 spiro atoms. The molecule has 2 heterocycles. The summed E-state index contributed by atoms with van der Waals surface area (Å²) in [6.45, 7) is 4.67. The number of carbonyl (C=O) groups is 1. The Balaban J connectivity index is 1.46. The summed E-state index contributed by atoms with van der Waals surface area (Å²) in [7, 11) is 0. The Morgan fingerprint density at radius 3 is 2.75 bits per heavy atom. The average molecular weight is 394 g/mol. The molecule has 1 aromatic carbocycles. The second-order valence-corrected chi connectivity index (χ2v) is 8.18. The van der Waals surface area contributed by atoms with Crippen LogP contribution in [0.1, 0.15) is 31.4 Å². The summed E-state index contributed by atoms with van der Waals surface area (Å²) >= 11 is 1.42. The summed E-state index contributed by atoms with van der Waals surface area (Å²) in [5.41, 5.74) is 4.59. The maximum Gasteiger partial charge on any atom is 0.237 e. The summed E-state index contributed by atoms with van der Waals surface area (Å²) in [5, 5.41) is 12.1. The first-order valence-electron chi connectivity index (χ1n) is 9.58. The van der Waals surface area contributed by atoms with E-state index in [1.165, 1.54) is 29.3 Å². The van der Waals surface area contributed by atoms with Crippen LogP contribution in [-0.2, 0) is 24.2 Å². The maximum absolute atomic E-state index is 12.7. The lowest BCUT2D eigenvalue weighted by Gasteiger charge is -2.13. The highest BCUT2D eigenvalue weighted by molar-refractivity contribution is 8.00. The van der Waals surface area contributed by atoms with Crippen molar-refractivity contribution < 1.29 is 4.79 Å². The van der Waals surface area contributed by atoms with Crippen LogP contribution in [0.5, 0.6) is 0 Å². The van der Waals surface area contributed by atoms with Crippen LogP contribution in [0.15, 0.2) is 47.9 Å². The highest BCUT2D eigenvalue weighted by atomic mass is 32.2. The molecule has 28 heavy (non-hydrogen) atoms. The molecular formula is C21H23N5OS. The summed E-state index contributed by atoms with van der Waals surface area (Å²) in [5.74, 6) is 0.762. The Morgan fingerprint density at radius 2 is 1.96 bits per heavy atom. The highest BCUT2D eigenvalue weighted by Crippen LogP contribution is 2.28. The Morgan fingerprint density at radius 1 is 1.18 bits per heavy atom. The van der Waals surface area contributed by atoms with E-state index in [4.69, 9.17) is 0 Å². The fourth-order valence-electron chi connectivity index (χ4n) is 3.48. The van der Waals surface area contributed by atoms with Crippen molar-refractivity contribution in [3.05, 3.63) is 53.9 Å². The molecule has 0 radical (unpaired) electrons. The Kier molecular flexibility index (Phi) is 5.43. The van der Waals surface area contributed by atoms with Crippen molar-refractivity contribution in [3.63, 3.8) is 0 Å². The molecule has 1 N–H and O–H groups in total. The van der Waals surface area contributed by atoms with E-state index in [2.05, 4.69) is 32.6 Å². The molecule has 0 aliphatic heterocycles. The van der Waals surface area contributed by atoms with Gasteiger partial charge in [-0.25, -0.2) is 0 Å². The van der Waals surface area contributed by atoms with Crippen molar-refractivity contribution in [1.29, 1.82) is 0 Å². The predicted octanol–water partition coefficient (Wildman–Crippen LogP) is 3.97. The quantitative estimate of drug-likeness (QED) is 0.642. The molecule has 0 bridgehead atoms. The van der Waals surface area contributed by atoms with E-state index in [9.17, 15) is 4.79 Å². The lowest BCUT2D eigenvalue weighted by molar-refractivity contribution is -0.115. The van der Waals surface area contributed by atoms with Crippen molar-refractivity contribution in [1.82, 2.24) is 19.7 Å². The standard InChI is InChI=1S/C21H23N5OS/c1-3-26-19(16-9-11-22-12-10-16)24-25-21(26)28-14(2)20(27)23-18-8-7-15-5-4-6-17(15)13-18/h7-14H,3-6H2,1-2H3,(H,23,27)/t14-/m1/s1. The molecule has 0 fully saturated rings. The zero-order valence-corrected chi connectivity index (χ0v) is 16.9. The van der Waals surface area contributed by atoms with Crippen LogP contribution in [0.25, 0.3) is 11.4 Å². The van der Waals surface area contributed by atoms with Gasteiger partial charge in [-0.1, -0.05) is 17.8 Å². The van der Waals surface area contributed by atoms with Crippen LogP contribution in [0.4, 0.5) is 5.69 Å². The Hall–Kier alpha value is -2.67. The third kappa shape index (κ3) is 3.80. The third-order valence-electron chi connectivity index (χ3n) is 4.99. The minimum absolute atomic E-state index is 0.0286. The number of hydrogen-bond acceptors (Lipinski definition) is 5. The molecule has 1 aliphatic carbocycles. The molecule has 4 rings (SSSR count). The van der Waals surface area contributed by atoms with Gasteiger partial charge < -0.3 is 9.88 Å². The summed E-state index contributed by atoms with van der Waals surface area (Å²) in [4.78, 5) is 16.7. The number of thioether (sulfide) groups is 1. The number of nitrogens with one attached hydrogen (secondary N) is 1. The van der Waals surface area contributed by atoms with Gasteiger partial charge >= 0.3 is 0 Å². The molecule has 0 saturated heterocycles. The number of hydrogen-bond donors (Lipinski definition) is 1. The minimum atomic E-state index is -0.284. The van der Waals surface area contributed by atoms with E-state index in [1.807, 2.05) is 36.6 Å². The molecule has 1 atom stereocenters. The largest absolute Gasteiger partial charge is 0.325 e. The molecule has 6 nitrogen and oxygen atoms in total. The minimum Gasteiger partial charge on any atom is -0.325 e.